The maximum absolute atomic E-state index is 14.1. The zero-order valence-electron chi connectivity index (χ0n) is 11.2. The molecule has 0 fully saturated rings. The fraction of sp³-hybridized carbons (Fsp3) is 0.357. The second-order valence-electron chi connectivity index (χ2n) is 4.79. The minimum atomic E-state index is -0.582. The fourth-order valence-corrected chi connectivity index (χ4v) is 1.89. The standard InChI is InChI=1S/C14H17F2N3/c1-9(2)18-8-11-6-12(15)14(13(16)7-11)19-5-4-17-10(19)3/h4-7,9,18H,8H2,1-3H3. The van der Waals surface area contributed by atoms with Crippen LogP contribution in [0.3, 0.4) is 0 Å². The number of nitrogens with zero attached hydrogens (tertiary/aromatic N) is 2. The van der Waals surface area contributed by atoms with Gasteiger partial charge in [-0.1, -0.05) is 13.8 Å². The van der Waals surface area contributed by atoms with Gasteiger partial charge >= 0.3 is 0 Å². The quantitative estimate of drug-likeness (QED) is 0.921. The van der Waals surface area contributed by atoms with E-state index in [1.807, 2.05) is 13.8 Å². The maximum atomic E-state index is 14.1. The van der Waals surface area contributed by atoms with Gasteiger partial charge in [-0.15, -0.1) is 0 Å². The van der Waals surface area contributed by atoms with E-state index in [-0.39, 0.29) is 11.7 Å². The van der Waals surface area contributed by atoms with Crippen LogP contribution in [0.1, 0.15) is 25.2 Å². The van der Waals surface area contributed by atoms with Crippen molar-refractivity contribution in [1.29, 1.82) is 0 Å². The molecule has 0 saturated heterocycles. The largest absolute Gasteiger partial charge is 0.310 e. The molecule has 2 rings (SSSR count). The number of rotatable bonds is 4. The van der Waals surface area contributed by atoms with Crippen LogP contribution in [-0.2, 0) is 6.54 Å². The minimum Gasteiger partial charge on any atom is -0.310 e. The average Bonchev–Trinajstić information content (AvgIpc) is 2.72. The summed E-state index contributed by atoms with van der Waals surface area (Å²) in [5, 5.41) is 3.13. The molecule has 0 atom stereocenters. The van der Waals surface area contributed by atoms with Gasteiger partial charge in [0.1, 0.15) is 11.5 Å². The number of aryl methyl sites for hydroxylation is 1. The van der Waals surface area contributed by atoms with Gasteiger partial charge in [0.05, 0.1) is 0 Å². The number of hydrogen-bond donors (Lipinski definition) is 1. The van der Waals surface area contributed by atoms with Gasteiger partial charge in [-0.05, 0) is 24.6 Å². The Morgan fingerprint density at radius 1 is 1.26 bits per heavy atom. The Hall–Kier alpha value is -1.75. The number of aromatic nitrogens is 2. The normalized spacial score (nSPS) is 11.3. The molecular formula is C14H17F2N3. The number of nitrogens with one attached hydrogen (secondary N) is 1. The van der Waals surface area contributed by atoms with Crippen LogP contribution in [0.4, 0.5) is 8.78 Å². The van der Waals surface area contributed by atoms with E-state index >= 15 is 0 Å². The van der Waals surface area contributed by atoms with Gasteiger partial charge in [-0.25, -0.2) is 13.8 Å². The first kappa shape index (κ1) is 13.7. The highest BCUT2D eigenvalue weighted by Crippen LogP contribution is 2.21. The van der Waals surface area contributed by atoms with Crippen LogP contribution in [-0.4, -0.2) is 15.6 Å². The van der Waals surface area contributed by atoms with Crippen LogP contribution in [0.5, 0.6) is 0 Å². The molecular weight excluding hydrogens is 248 g/mol. The number of hydrogen-bond acceptors (Lipinski definition) is 2. The lowest BCUT2D eigenvalue weighted by molar-refractivity contribution is 0.551. The molecule has 102 valence electrons. The third-order valence-electron chi connectivity index (χ3n) is 2.86. The molecule has 5 heteroatoms. The first-order valence-corrected chi connectivity index (χ1v) is 6.20. The summed E-state index contributed by atoms with van der Waals surface area (Å²) in [5.41, 5.74) is 0.508. The monoisotopic (exact) mass is 265 g/mol. The van der Waals surface area contributed by atoms with Gasteiger partial charge < -0.3 is 5.32 Å². The zero-order valence-corrected chi connectivity index (χ0v) is 11.2. The minimum absolute atomic E-state index is 0.0803. The Kier molecular flexibility index (Phi) is 3.95. The van der Waals surface area contributed by atoms with Crippen LogP contribution >= 0.6 is 0 Å². The van der Waals surface area contributed by atoms with Gasteiger partial charge in [-0.3, -0.25) is 4.57 Å². The molecule has 1 heterocycles. The van der Waals surface area contributed by atoms with Crippen LogP contribution in [0, 0.1) is 18.6 Å². The molecule has 1 aromatic carbocycles. The van der Waals surface area contributed by atoms with Crippen LogP contribution in [0.2, 0.25) is 0 Å². The molecule has 0 spiro atoms. The van der Waals surface area contributed by atoms with Crippen molar-refractivity contribution in [1.82, 2.24) is 14.9 Å². The molecule has 0 unspecified atom stereocenters. The maximum Gasteiger partial charge on any atom is 0.150 e. The highest BCUT2D eigenvalue weighted by atomic mass is 19.1. The predicted molar refractivity (Wildman–Crippen MR) is 70.2 cm³/mol. The number of benzene rings is 1. The summed E-state index contributed by atoms with van der Waals surface area (Å²) in [6, 6.07) is 2.97. The fourth-order valence-electron chi connectivity index (χ4n) is 1.89. The van der Waals surface area contributed by atoms with Gasteiger partial charge in [-0.2, -0.15) is 0 Å². The number of imidazole rings is 1. The third kappa shape index (κ3) is 2.98. The summed E-state index contributed by atoms with van der Waals surface area (Å²) < 4.78 is 29.5. The van der Waals surface area contributed by atoms with Crippen molar-refractivity contribution in [3.8, 4) is 5.69 Å². The molecule has 19 heavy (non-hydrogen) atoms. The topological polar surface area (TPSA) is 29.9 Å². The van der Waals surface area contributed by atoms with E-state index in [0.717, 1.165) is 0 Å². The molecule has 0 bridgehead atoms. The van der Waals surface area contributed by atoms with Crippen molar-refractivity contribution in [2.75, 3.05) is 0 Å². The summed E-state index contributed by atoms with van der Waals surface area (Å²) in [6.45, 7) is 6.10. The van der Waals surface area contributed by atoms with E-state index in [1.54, 1.807) is 13.1 Å². The van der Waals surface area contributed by atoms with E-state index in [1.165, 1.54) is 22.9 Å². The van der Waals surface area contributed by atoms with Crippen molar-refractivity contribution < 1.29 is 8.78 Å². The Balaban J connectivity index is 2.35. The van der Waals surface area contributed by atoms with E-state index in [4.69, 9.17) is 0 Å². The Morgan fingerprint density at radius 3 is 2.37 bits per heavy atom. The summed E-state index contributed by atoms with van der Waals surface area (Å²) >= 11 is 0. The zero-order chi connectivity index (χ0) is 14.0. The molecule has 1 aromatic heterocycles. The first-order valence-electron chi connectivity index (χ1n) is 6.20. The van der Waals surface area contributed by atoms with Crippen molar-refractivity contribution in [3.63, 3.8) is 0 Å². The summed E-state index contributed by atoms with van der Waals surface area (Å²) in [7, 11) is 0. The lowest BCUT2D eigenvalue weighted by Crippen LogP contribution is -2.22. The van der Waals surface area contributed by atoms with Crippen molar-refractivity contribution in [2.45, 2.75) is 33.4 Å². The van der Waals surface area contributed by atoms with Gasteiger partial charge in [0.15, 0.2) is 11.6 Å². The molecule has 0 aliphatic carbocycles. The van der Waals surface area contributed by atoms with E-state index in [2.05, 4.69) is 10.3 Å². The lowest BCUT2D eigenvalue weighted by atomic mass is 10.1. The third-order valence-corrected chi connectivity index (χ3v) is 2.86. The molecule has 1 N–H and O–H groups in total. The Morgan fingerprint density at radius 2 is 1.89 bits per heavy atom. The van der Waals surface area contributed by atoms with Crippen molar-refractivity contribution in [2.24, 2.45) is 0 Å². The highest BCUT2D eigenvalue weighted by molar-refractivity contribution is 5.39. The Labute approximate surface area is 111 Å². The molecule has 0 amide bonds. The number of halogens is 2. The molecule has 3 nitrogen and oxygen atoms in total. The van der Waals surface area contributed by atoms with Crippen molar-refractivity contribution >= 4 is 0 Å². The highest BCUT2D eigenvalue weighted by Gasteiger charge is 2.14. The Bertz CT molecular complexity index is 553. The molecule has 0 radical (unpaired) electrons. The summed E-state index contributed by atoms with van der Waals surface area (Å²) in [5.74, 6) is -0.617. The van der Waals surface area contributed by atoms with Crippen LogP contribution in [0.15, 0.2) is 24.5 Å². The molecule has 0 aliphatic rings. The van der Waals surface area contributed by atoms with Crippen molar-refractivity contribution in [3.05, 3.63) is 47.5 Å². The SMILES string of the molecule is Cc1nccn1-c1c(F)cc(CNC(C)C)cc1F. The molecule has 0 aliphatic heterocycles. The van der Waals surface area contributed by atoms with E-state index in [9.17, 15) is 8.78 Å². The van der Waals surface area contributed by atoms with Gasteiger partial charge in [0.2, 0.25) is 0 Å². The summed E-state index contributed by atoms with van der Waals surface area (Å²) in [4.78, 5) is 3.97. The van der Waals surface area contributed by atoms with Crippen LogP contribution < -0.4 is 5.32 Å². The smallest absolute Gasteiger partial charge is 0.150 e. The second kappa shape index (κ2) is 5.48. The second-order valence-corrected chi connectivity index (χ2v) is 4.79. The average molecular weight is 265 g/mol. The molecule has 2 aromatic rings. The van der Waals surface area contributed by atoms with E-state index in [0.29, 0.717) is 17.9 Å². The first-order chi connectivity index (χ1) is 8.99. The van der Waals surface area contributed by atoms with E-state index < -0.39 is 11.6 Å². The summed E-state index contributed by atoms with van der Waals surface area (Å²) in [6.07, 6.45) is 3.06. The molecule has 0 saturated carbocycles. The lowest BCUT2D eigenvalue weighted by Gasteiger charge is -2.12. The van der Waals surface area contributed by atoms with Gasteiger partial charge in [0.25, 0.3) is 0 Å². The predicted octanol–water partition coefficient (Wildman–Crippen LogP) is 2.96. The van der Waals surface area contributed by atoms with Crippen LogP contribution in [0.25, 0.3) is 5.69 Å². The van der Waals surface area contributed by atoms with Gasteiger partial charge in [0, 0.05) is 25.0 Å².